The van der Waals surface area contributed by atoms with E-state index in [0.29, 0.717) is 5.56 Å². The summed E-state index contributed by atoms with van der Waals surface area (Å²) in [6.07, 6.45) is 3.09. The van der Waals surface area contributed by atoms with Crippen molar-refractivity contribution in [1.82, 2.24) is 0 Å². The number of benzene rings is 1. The van der Waals surface area contributed by atoms with Gasteiger partial charge in [-0.25, -0.2) is 9.59 Å². The molecule has 0 saturated carbocycles. The van der Waals surface area contributed by atoms with Gasteiger partial charge in [0.05, 0.1) is 12.7 Å². The molecule has 0 N–H and O–H groups in total. The Hall–Kier alpha value is -2.10. The number of hydrogen-bond donors (Lipinski definition) is 0. The average Bonchev–Trinajstić information content (AvgIpc) is 2.70. The molecule has 1 aromatic carbocycles. The van der Waals surface area contributed by atoms with Crippen molar-refractivity contribution in [2.24, 2.45) is 0 Å². The molecule has 0 saturated heterocycles. The number of cyclic esters (lactones) is 1. The van der Waals surface area contributed by atoms with Crippen LogP contribution in [-0.2, 0) is 19.9 Å². The van der Waals surface area contributed by atoms with Crippen LogP contribution in [0.25, 0.3) is 0 Å². The van der Waals surface area contributed by atoms with Gasteiger partial charge in [0.25, 0.3) is 0 Å². The second-order valence-corrected chi connectivity index (χ2v) is 3.93. The SMILES string of the molecule is COC(=O)c1ccc(C2(C)C=CC(=O)O2)cc1. The lowest BCUT2D eigenvalue weighted by Gasteiger charge is -2.21. The van der Waals surface area contributed by atoms with Crippen LogP contribution in [0.3, 0.4) is 0 Å². The summed E-state index contributed by atoms with van der Waals surface area (Å²) in [5, 5.41) is 0. The Labute approximate surface area is 98.8 Å². The third-order valence-corrected chi connectivity index (χ3v) is 2.73. The third kappa shape index (κ3) is 2.06. The van der Waals surface area contributed by atoms with Gasteiger partial charge >= 0.3 is 11.9 Å². The zero-order valence-electron chi connectivity index (χ0n) is 9.60. The van der Waals surface area contributed by atoms with Crippen LogP contribution < -0.4 is 0 Å². The molecule has 0 aromatic heterocycles. The highest BCUT2D eigenvalue weighted by molar-refractivity contribution is 5.89. The molecule has 0 aliphatic carbocycles. The molecule has 0 spiro atoms. The number of carbonyl (C=O) groups excluding carboxylic acids is 2. The average molecular weight is 232 g/mol. The molecule has 17 heavy (non-hydrogen) atoms. The van der Waals surface area contributed by atoms with Crippen molar-refractivity contribution in [2.45, 2.75) is 12.5 Å². The summed E-state index contributed by atoms with van der Waals surface area (Å²) in [7, 11) is 1.33. The second-order valence-electron chi connectivity index (χ2n) is 3.93. The summed E-state index contributed by atoms with van der Waals surface area (Å²) >= 11 is 0. The molecule has 0 radical (unpaired) electrons. The van der Waals surface area contributed by atoms with E-state index in [1.165, 1.54) is 13.2 Å². The fourth-order valence-electron chi connectivity index (χ4n) is 1.71. The van der Waals surface area contributed by atoms with Gasteiger partial charge in [0.15, 0.2) is 5.60 Å². The zero-order chi connectivity index (χ0) is 12.5. The van der Waals surface area contributed by atoms with Gasteiger partial charge in [-0.1, -0.05) is 12.1 Å². The molecule has 1 atom stereocenters. The fraction of sp³-hybridized carbons (Fsp3) is 0.231. The molecular weight excluding hydrogens is 220 g/mol. The Balaban J connectivity index is 2.27. The van der Waals surface area contributed by atoms with Crippen LogP contribution in [0.1, 0.15) is 22.8 Å². The normalized spacial score (nSPS) is 22.4. The number of hydrogen-bond acceptors (Lipinski definition) is 4. The number of rotatable bonds is 2. The summed E-state index contributed by atoms with van der Waals surface area (Å²) < 4.78 is 9.80. The van der Waals surface area contributed by atoms with Gasteiger partial charge in [0.2, 0.25) is 0 Å². The highest BCUT2D eigenvalue weighted by Gasteiger charge is 2.32. The highest BCUT2D eigenvalue weighted by Crippen LogP contribution is 2.31. The topological polar surface area (TPSA) is 52.6 Å². The molecule has 0 bridgehead atoms. The lowest BCUT2D eigenvalue weighted by molar-refractivity contribution is -0.145. The predicted molar refractivity (Wildman–Crippen MR) is 60.4 cm³/mol. The van der Waals surface area contributed by atoms with Crippen LogP contribution in [0.15, 0.2) is 36.4 Å². The van der Waals surface area contributed by atoms with Crippen molar-refractivity contribution in [3.63, 3.8) is 0 Å². The van der Waals surface area contributed by atoms with E-state index >= 15 is 0 Å². The summed E-state index contributed by atoms with van der Waals surface area (Å²) in [5.74, 6) is -0.745. The summed E-state index contributed by atoms with van der Waals surface area (Å²) in [5.41, 5.74) is 0.534. The first-order chi connectivity index (χ1) is 8.05. The van der Waals surface area contributed by atoms with Crippen molar-refractivity contribution < 1.29 is 19.1 Å². The van der Waals surface area contributed by atoms with E-state index in [0.717, 1.165) is 5.56 Å². The number of ether oxygens (including phenoxy) is 2. The van der Waals surface area contributed by atoms with E-state index in [1.807, 2.05) is 0 Å². The van der Waals surface area contributed by atoms with Gasteiger partial charge < -0.3 is 9.47 Å². The van der Waals surface area contributed by atoms with Gasteiger partial charge in [-0.2, -0.15) is 0 Å². The molecule has 4 nitrogen and oxygen atoms in total. The maximum Gasteiger partial charge on any atom is 0.337 e. The molecule has 1 aliphatic rings. The van der Waals surface area contributed by atoms with Crippen LogP contribution in [0.4, 0.5) is 0 Å². The molecule has 0 amide bonds. The third-order valence-electron chi connectivity index (χ3n) is 2.73. The maximum atomic E-state index is 11.3. The standard InChI is InChI=1S/C13H12O4/c1-13(8-7-11(14)17-13)10-5-3-9(4-6-10)12(15)16-2/h3-8H,1-2H3. The van der Waals surface area contributed by atoms with Gasteiger partial charge in [-0.05, 0) is 30.7 Å². The first-order valence-corrected chi connectivity index (χ1v) is 5.16. The Kier molecular flexibility index (Phi) is 2.71. The minimum absolute atomic E-state index is 0.357. The molecule has 1 aromatic rings. The molecular formula is C13H12O4. The van der Waals surface area contributed by atoms with Gasteiger partial charge in [-0.15, -0.1) is 0 Å². The lowest BCUT2D eigenvalue weighted by Crippen LogP contribution is -2.21. The number of carbonyl (C=O) groups is 2. The largest absolute Gasteiger partial charge is 0.465 e. The maximum absolute atomic E-state index is 11.3. The van der Waals surface area contributed by atoms with Crippen molar-refractivity contribution in [1.29, 1.82) is 0 Å². The van der Waals surface area contributed by atoms with Crippen molar-refractivity contribution in [3.8, 4) is 0 Å². The van der Waals surface area contributed by atoms with Crippen LogP contribution in [-0.4, -0.2) is 19.0 Å². The van der Waals surface area contributed by atoms with Gasteiger partial charge in [0, 0.05) is 6.08 Å². The quantitative estimate of drug-likeness (QED) is 0.729. The molecule has 0 fully saturated rings. The van der Waals surface area contributed by atoms with E-state index in [2.05, 4.69) is 4.74 Å². The molecule has 88 valence electrons. The predicted octanol–water partition coefficient (Wildman–Crippen LogP) is 1.80. The van der Waals surface area contributed by atoms with Gasteiger partial charge in [0.1, 0.15) is 0 Å². The zero-order valence-corrected chi connectivity index (χ0v) is 9.60. The Morgan fingerprint density at radius 1 is 1.29 bits per heavy atom. The Morgan fingerprint density at radius 2 is 1.94 bits per heavy atom. The van der Waals surface area contributed by atoms with E-state index < -0.39 is 5.60 Å². The fourth-order valence-corrected chi connectivity index (χ4v) is 1.71. The molecule has 1 aliphatic heterocycles. The number of methoxy groups -OCH3 is 1. The smallest absolute Gasteiger partial charge is 0.337 e. The monoisotopic (exact) mass is 232 g/mol. The lowest BCUT2D eigenvalue weighted by atomic mass is 9.95. The van der Waals surface area contributed by atoms with E-state index in [1.54, 1.807) is 37.3 Å². The molecule has 4 heteroatoms. The van der Waals surface area contributed by atoms with Crippen LogP contribution in [0.2, 0.25) is 0 Å². The highest BCUT2D eigenvalue weighted by atomic mass is 16.6. The van der Waals surface area contributed by atoms with E-state index in [-0.39, 0.29) is 11.9 Å². The minimum Gasteiger partial charge on any atom is -0.465 e. The Bertz CT molecular complexity index is 487. The summed E-state index contributed by atoms with van der Waals surface area (Å²) in [6.45, 7) is 1.79. The van der Waals surface area contributed by atoms with Crippen molar-refractivity contribution in [3.05, 3.63) is 47.5 Å². The second kappa shape index (κ2) is 4.05. The van der Waals surface area contributed by atoms with Crippen LogP contribution in [0, 0.1) is 0 Å². The van der Waals surface area contributed by atoms with Crippen molar-refractivity contribution >= 4 is 11.9 Å². The first-order valence-electron chi connectivity index (χ1n) is 5.16. The summed E-state index contributed by atoms with van der Waals surface area (Å²) in [6, 6.07) is 6.78. The van der Waals surface area contributed by atoms with Gasteiger partial charge in [-0.3, -0.25) is 0 Å². The number of esters is 2. The van der Waals surface area contributed by atoms with Crippen LogP contribution in [0.5, 0.6) is 0 Å². The molecule has 2 rings (SSSR count). The van der Waals surface area contributed by atoms with Crippen molar-refractivity contribution in [2.75, 3.05) is 7.11 Å². The molecule has 1 unspecified atom stereocenters. The minimum atomic E-state index is -0.744. The van der Waals surface area contributed by atoms with E-state index in [9.17, 15) is 9.59 Å². The summed E-state index contributed by atoms with van der Waals surface area (Å²) in [4.78, 5) is 22.3. The Morgan fingerprint density at radius 3 is 2.41 bits per heavy atom. The first kappa shape index (κ1) is 11.4. The molecule has 1 heterocycles. The van der Waals surface area contributed by atoms with Crippen LogP contribution >= 0.6 is 0 Å². The van der Waals surface area contributed by atoms with E-state index in [4.69, 9.17) is 4.74 Å².